The highest BCUT2D eigenvalue weighted by molar-refractivity contribution is 7.90. The van der Waals surface area contributed by atoms with Crippen LogP contribution in [-0.4, -0.2) is 78.6 Å². The molecule has 24 heavy (non-hydrogen) atoms. The van der Waals surface area contributed by atoms with Crippen molar-refractivity contribution in [2.75, 3.05) is 25.4 Å². The molecule has 9 nitrogen and oxygen atoms in total. The van der Waals surface area contributed by atoms with Crippen LogP contribution in [0.15, 0.2) is 28.3 Å². The number of morpholine rings is 1. The fraction of sp³-hybridized carbons (Fsp3) is 0.500. The molecule has 1 unspecified atom stereocenters. The van der Waals surface area contributed by atoms with Gasteiger partial charge in [-0.15, -0.1) is 4.40 Å². The number of amides is 1. The smallest absolute Gasteiger partial charge is 0.334 e. The van der Waals surface area contributed by atoms with Crippen LogP contribution in [-0.2, 0) is 24.3 Å². The Morgan fingerprint density at radius 3 is 2.79 bits per heavy atom. The maximum Gasteiger partial charge on any atom is 0.334 e. The number of nitrogens with zero attached hydrogens (tertiary/aromatic N) is 3. The Morgan fingerprint density at radius 2 is 2.08 bits per heavy atom. The molecule has 1 N–H and O–H groups in total. The number of hydrogen-bond acceptors (Lipinski definition) is 6. The lowest BCUT2D eigenvalue weighted by atomic mass is 10.1. The van der Waals surface area contributed by atoms with Gasteiger partial charge in [-0.05, 0) is 19.1 Å². The molecule has 3 heterocycles. The maximum atomic E-state index is 12.6. The Labute approximate surface area is 138 Å². The van der Waals surface area contributed by atoms with Gasteiger partial charge in [0.1, 0.15) is 5.84 Å². The summed E-state index contributed by atoms with van der Waals surface area (Å²) in [7, 11) is -3.45. The lowest BCUT2D eigenvalue weighted by Crippen LogP contribution is -2.52. The van der Waals surface area contributed by atoms with Crippen molar-refractivity contribution in [1.82, 2.24) is 9.80 Å². The van der Waals surface area contributed by atoms with Crippen LogP contribution in [0.3, 0.4) is 0 Å². The molecule has 0 spiro atoms. The van der Waals surface area contributed by atoms with Crippen LogP contribution in [0, 0.1) is 0 Å². The Balaban J connectivity index is 1.78. The monoisotopic (exact) mass is 355 g/mol. The van der Waals surface area contributed by atoms with Gasteiger partial charge in [0.25, 0.3) is 15.9 Å². The molecular formula is C14H17N3O6S. The zero-order valence-corrected chi connectivity index (χ0v) is 13.8. The van der Waals surface area contributed by atoms with E-state index in [1.54, 1.807) is 18.0 Å². The number of aliphatic carboxylic acids is 1. The molecule has 0 radical (unpaired) electrons. The number of carbonyl (C=O) groups is 2. The fourth-order valence-corrected chi connectivity index (χ4v) is 3.73. The number of carboxylic acids is 1. The summed E-state index contributed by atoms with van der Waals surface area (Å²) >= 11 is 0. The third-order valence-electron chi connectivity index (χ3n) is 3.89. The lowest BCUT2D eigenvalue weighted by molar-refractivity contribution is -0.165. The fourth-order valence-electron chi connectivity index (χ4n) is 2.76. The maximum absolute atomic E-state index is 12.6. The van der Waals surface area contributed by atoms with Crippen molar-refractivity contribution in [3.63, 3.8) is 0 Å². The van der Waals surface area contributed by atoms with Crippen molar-refractivity contribution >= 4 is 27.7 Å². The van der Waals surface area contributed by atoms with E-state index < -0.39 is 22.1 Å². The number of carbonyl (C=O) groups excluding carboxylic acids is 1. The Bertz CT molecular complexity index is 769. The van der Waals surface area contributed by atoms with Crippen LogP contribution >= 0.6 is 0 Å². The van der Waals surface area contributed by atoms with Gasteiger partial charge < -0.3 is 19.6 Å². The van der Waals surface area contributed by atoms with E-state index in [0.29, 0.717) is 12.1 Å². The zero-order valence-electron chi connectivity index (χ0n) is 13.0. The van der Waals surface area contributed by atoms with E-state index in [4.69, 9.17) is 9.84 Å². The Morgan fingerprint density at radius 1 is 1.33 bits per heavy atom. The number of amidine groups is 1. The van der Waals surface area contributed by atoms with E-state index in [9.17, 15) is 18.0 Å². The SMILES string of the molecule is C[C@@H]1CN(C(=O)C2=CN3CCS(=O)(=O)N=C3C=C2)CC(C(=O)O)O1. The number of sulfonamides is 1. The summed E-state index contributed by atoms with van der Waals surface area (Å²) in [6, 6.07) is 0. The molecule has 10 heteroatoms. The van der Waals surface area contributed by atoms with E-state index in [0.717, 1.165) is 0 Å². The second kappa shape index (κ2) is 6.02. The Kier molecular flexibility index (Phi) is 4.18. The van der Waals surface area contributed by atoms with Gasteiger partial charge in [-0.25, -0.2) is 13.2 Å². The summed E-state index contributed by atoms with van der Waals surface area (Å²) < 4.78 is 31.9. The standard InChI is InChI=1S/C14H17N3O6S/c1-9-6-17(8-11(23-9)14(19)20)13(18)10-2-3-12-15-24(21,22)5-4-16(12)7-10/h2-3,7,9,11H,4-6,8H2,1H3,(H,19,20)/t9-,11?/m1/s1. The average Bonchev–Trinajstić information content (AvgIpc) is 2.52. The van der Waals surface area contributed by atoms with Gasteiger partial charge in [0.05, 0.1) is 24.0 Å². The second-order valence-corrected chi connectivity index (χ2v) is 7.59. The molecule has 0 saturated carbocycles. The number of rotatable bonds is 2. The predicted molar refractivity (Wildman–Crippen MR) is 83.7 cm³/mol. The van der Waals surface area contributed by atoms with E-state index in [1.165, 1.54) is 17.1 Å². The third-order valence-corrected chi connectivity index (χ3v) is 5.06. The first-order chi connectivity index (χ1) is 11.2. The molecule has 1 saturated heterocycles. The highest BCUT2D eigenvalue weighted by Crippen LogP contribution is 2.19. The molecule has 3 aliphatic rings. The largest absolute Gasteiger partial charge is 0.479 e. The predicted octanol–water partition coefficient (Wildman–Crippen LogP) is -0.815. The molecule has 1 fully saturated rings. The summed E-state index contributed by atoms with van der Waals surface area (Å²) in [5.74, 6) is -1.27. The Hall–Kier alpha value is -2.20. The van der Waals surface area contributed by atoms with Crippen LogP contribution in [0.4, 0.5) is 0 Å². The summed E-state index contributed by atoms with van der Waals surface area (Å²) in [5.41, 5.74) is 0.353. The van der Waals surface area contributed by atoms with Crippen molar-refractivity contribution in [3.05, 3.63) is 23.9 Å². The minimum Gasteiger partial charge on any atom is -0.479 e. The molecule has 2 atom stereocenters. The topological polar surface area (TPSA) is 117 Å². The molecule has 0 aliphatic carbocycles. The van der Waals surface area contributed by atoms with Crippen molar-refractivity contribution < 1.29 is 27.9 Å². The zero-order chi connectivity index (χ0) is 17.5. The first kappa shape index (κ1) is 16.7. The summed E-state index contributed by atoms with van der Waals surface area (Å²) in [6.45, 7) is 2.20. The normalized spacial score (nSPS) is 28.7. The van der Waals surface area contributed by atoms with Gasteiger partial charge in [-0.3, -0.25) is 4.79 Å². The van der Waals surface area contributed by atoms with E-state index in [2.05, 4.69) is 4.40 Å². The van der Waals surface area contributed by atoms with Crippen LogP contribution in [0.1, 0.15) is 6.92 Å². The molecule has 1 amide bonds. The van der Waals surface area contributed by atoms with Crippen molar-refractivity contribution in [1.29, 1.82) is 0 Å². The van der Waals surface area contributed by atoms with Gasteiger partial charge in [-0.2, -0.15) is 0 Å². The molecular weight excluding hydrogens is 338 g/mol. The van der Waals surface area contributed by atoms with Gasteiger partial charge in [0.15, 0.2) is 6.10 Å². The van der Waals surface area contributed by atoms with E-state index in [1.807, 2.05) is 0 Å². The van der Waals surface area contributed by atoms with E-state index >= 15 is 0 Å². The van der Waals surface area contributed by atoms with E-state index in [-0.39, 0.29) is 36.7 Å². The minimum absolute atomic E-state index is 0.0288. The van der Waals surface area contributed by atoms with Crippen molar-refractivity contribution in [2.24, 2.45) is 4.40 Å². The van der Waals surface area contributed by atoms with Gasteiger partial charge in [0.2, 0.25) is 0 Å². The number of ether oxygens (including phenoxy) is 1. The average molecular weight is 355 g/mol. The molecule has 3 aliphatic heterocycles. The van der Waals surface area contributed by atoms with Crippen molar-refractivity contribution in [3.8, 4) is 0 Å². The first-order valence-electron chi connectivity index (χ1n) is 7.42. The van der Waals surface area contributed by atoms with Gasteiger partial charge >= 0.3 is 5.97 Å². The minimum atomic E-state index is -3.45. The quantitative estimate of drug-likeness (QED) is 0.688. The van der Waals surface area contributed by atoms with Crippen LogP contribution < -0.4 is 0 Å². The third kappa shape index (κ3) is 3.34. The molecule has 0 aromatic carbocycles. The molecule has 0 aromatic heterocycles. The molecule has 0 bridgehead atoms. The van der Waals surface area contributed by atoms with Crippen LogP contribution in [0.25, 0.3) is 0 Å². The number of carboxylic acid groups (broad SMARTS) is 1. The molecule has 0 aromatic rings. The second-order valence-electron chi connectivity index (χ2n) is 5.83. The van der Waals surface area contributed by atoms with Crippen LogP contribution in [0.5, 0.6) is 0 Å². The first-order valence-corrected chi connectivity index (χ1v) is 9.03. The highest BCUT2D eigenvalue weighted by Gasteiger charge is 2.34. The molecule has 130 valence electrons. The summed E-state index contributed by atoms with van der Waals surface area (Å²) in [6.07, 6.45) is 3.08. The number of fused-ring (bicyclic) bond motifs is 1. The highest BCUT2D eigenvalue weighted by atomic mass is 32.2. The lowest BCUT2D eigenvalue weighted by Gasteiger charge is -2.36. The summed E-state index contributed by atoms with van der Waals surface area (Å²) in [4.78, 5) is 26.8. The summed E-state index contributed by atoms with van der Waals surface area (Å²) in [5, 5.41) is 9.10. The molecule has 3 rings (SSSR count). The van der Waals surface area contributed by atoms with Gasteiger partial charge in [0, 0.05) is 19.3 Å². The van der Waals surface area contributed by atoms with Gasteiger partial charge in [-0.1, -0.05) is 0 Å². The van der Waals surface area contributed by atoms with Crippen LogP contribution in [0.2, 0.25) is 0 Å². The number of hydrogen-bond donors (Lipinski definition) is 1. The van der Waals surface area contributed by atoms with Crippen molar-refractivity contribution in [2.45, 2.75) is 19.1 Å².